The van der Waals surface area contributed by atoms with Crippen molar-refractivity contribution in [2.45, 2.75) is 30.4 Å². The highest BCUT2D eigenvalue weighted by Gasteiger charge is 2.28. The minimum absolute atomic E-state index is 0.0622. The summed E-state index contributed by atoms with van der Waals surface area (Å²) in [6.07, 6.45) is -9.70. The van der Waals surface area contributed by atoms with Crippen molar-refractivity contribution in [3.63, 3.8) is 0 Å². The molecule has 4 nitrogen and oxygen atoms in total. The molecule has 0 saturated heterocycles. The summed E-state index contributed by atoms with van der Waals surface area (Å²) in [5.41, 5.74) is 0. The van der Waals surface area contributed by atoms with E-state index in [-0.39, 0.29) is 12.5 Å². The van der Waals surface area contributed by atoms with E-state index < -0.39 is 35.7 Å². The van der Waals surface area contributed by atoms with Gasteiger partial charge in [-0.3, -0.25) is 4.79 Å². The van der Waals surface area contributed by atoms with Gasteiger partial charge in [-0.1, -0.05) is 6.08 Å². The molecule has 0 amide bonds. The van der Waals surface area contributed by atoms with Gasteiger partial charge in [0.15, 0.2) is 0 Å². The van der Waals surface area contributed by atoms with E-state index in [0.29, 0.717) is 17.8 Å². The highest BCUT2D eigenvalue weighted by atomic mass is 32.2. The van der Waals surface area contributed by atoms with E-state index in [4.69, 9.17) is 9.93 Å². The summed E-state index contributed by atoms with van der Waals surface area (Å²) in [6.45, 7) is 0. The van der Waals surface area contributed by atoms with E-state index in [9.17, 15) is 31.1 Å². The second-order valence-corrected chi connectivity index (χ2v) is 4.74. The molecule has 0 N–H and O–H groups in total. The minimum Gasteiger partial charge on any atom is -0.468 e. The van der Waals surface area contributed by atoms with Crippen LogP contribution in [0.1, 0.15) is 12.8 Å². The van der Waals surface area contributed by atoms with E-state index >= 15 is 0 Å². The highest BCUT2D eigenvalue weighted by Crippen LogP contribution is 2.26. The number of thioether (sulfide) groups is 1. The SMILES string of the molecule is COC(=O)C(C/C=C/C(F)(F)F)SCCC(F)(F)F.O=O. The van der Waals surface area contributed by atoms with Crippen molar-refractivity contribution in [2.75, 3.05) is 12.9 Å². The molecule has 0 aliphatic rings. The first kappa shape index (κ1) is 22.0. The third-order valence-corrected chi connectivity index (χ3v) is 3.05. The molecule has 0 rings (SSSR count). The summed E-state index contributed by atoms with van der Waals surface area (Å²) < 4.78 is 75.6. The molecule has 0 aliphatic heterocycles. The van der Waals surface area contributed by atoms with Crippen LogP contribution in [0.25, 0.3) is 0 Å². The Hall–Kier alpha value is -1.26. The maximum atomic E-state index is 11.9. The molecule has 0 heterocycles. The third-order valence-electron chi connectivity index (χ3n) is 1.83. The van der Waals surface area contributed by atoms with Crippen LogP contribution in [0.5, 0.6) is 0 Å². The first-order valence-corrected chi connectivity index (χ1v) is 6.27. The van der Waals surface area contributed by atoms with Crippen LogP contribution in [0.4, 0.5) is 26.3 Å². The summed E-state index contributed by atoms with van der Waals surface area (Å²) in [5, 5.41) is -1.08. The van der Waals surface area contributed by atoms with Gasteiger partial charge in [-0.15, -0.1) is 11.8 Å². The topological polar surface area (TPSA) is 60.4 Å². The van der Waals surface area contributed by atoms with Crippen LogP contribution in [0.3, 0.4) is 0 Å². The number of esters is 1. The molecule has 1 unspecified atom stereocenters. The Labute approximate surface area is 120 Å². The lowest BCUT2D eigenvalue weighted by atomic mass is 10.3. The number of alkyl halides is 6. The summed E-state index contributed by atoms with van der Waals surface area (Å²) >= 11 is 0.619. The molecular weight excluding hydrogens is 330 g/mol. The molecule has 0 aromatic rings. The molecule has 0 aromatic heterocycles. The number of ether oxygens (including phenoxy) is 1. The zero-order chi connectivity index (χ0) is 17.1. The second-order valence-electron chi connectivity index (χ2n) is 3.43. The molecule has 21 heavy (non-hydrogen) atoms. The monoisotopic (exact) mass is 342 g/mol. The van der Waals surface area contributed by atoms with Crippen LogP contribution >= 0.6 is 11.8 Å². The van der Waals surface area contributed by atoms with Gasteiger partial charge in [0.1, 0.15) is 5.25 Å². The number of hydrogen-bond acceptors (Lipinski definition) is 5. The van der Waals surface area contributed by atoms with Crippen molar-refractivity contribution in [3.8, 4) is 0 Å². The van der Waals surface area contributed by atoms with Crippen molar-refractivity contribution >= 4 is 17.7 Å². The molecule has 124 valence electrons. The predicted molar refractivity (Wildman–Crippen MR) is 65.5 cm³/mol. The summed E-state index contributed by atoms with van der Waals surface area (Å²) in [5.74, 6) is -1.26. The van der Waals surface area contributed by atoms with Crippen LogP contribution in [0.15, 0.2) is 12.2 Å². The van der Waals surface area contributed by atoms with E-state index in [2.05, 4.69) is 4.74 Å². The number of carbonyl (C=O) groups is 1. The fourth-order valence-electron chi connectivity index (χ4n) is 1.01. The Bertz CT molecular complexity index is 328. The van der Waals surface area contributed by atoms with Crippen LogP contribution in [0, 0.1) is 9.93 Å². The summed E-state index contributed by atoms with van der Waals surface area (Å²) in [7, 11) is 1.02. The maximum absolute atomic E-state index is 11.9. The number of carbonyl (C=O) groups excluding carboxylic acids is 1. The Morgan fingerprint density at radius 1 is 1.19 bits per heavy atom. The molecule has 0 aromatic carbocycles. The zero-order valence-corrected chi connectivity index (χ0v) is 11.5. The predicted octanol–water partition coefficient (Wildman–Crippen LogP) is 3.79. The third kappa shape index (κ3) is 15.0. The van der Waals surface area contributed by atoms with E-state index in [0.717, 1.165) is 7.11 Å². The normalized spacial score (nSPS) is 13.5. The number of hydrogen-bond donors (Lipinski definition) is 0. The molecule has 1 atom stereocenters. The van der Waals surface area contributed by atoms with Gasteiger partial charge in [0.25, 0.3) is 0 Å². The fourth-order valence-corrected chi connectivity index (χ4v) is 2.12. The maximum Gasteiger partial charge on any atom is 0.409 e. The van der Waals surface area contributed by atoms with Crippen molar-refractivity contribution < 1.29 is 35.9 Å². The standard InChI is InChI=1S/C10H12F6O2S.O2/c1-18-8(17)7(3-2-4-9(11,12)13)19-6-5-10(14,15)16;1-2/h2,4,7H,3,5-6H2,1H3;/b4-2+;. The van der Waals surface area contributed by atoms with Gasteiger partial charge >= 0.3 is 18.3 Å². The van der Waals surface area contributed by atoms with Gasteiger partial charge in [-0.25, -0.2) is 0 Å². The van der Waals surface area contributed by atoms with Gasteiger partial charge < -0.3 is 4.74 Å². The first-order chi connectivity index (χ1) is 9.55. The Morgan fingerprint density at radius 3 is 2.10 bits per heavy atom. The lowest BCUT2D eigenvalue weighted by Gasteiger charge is -2.13. The van der Waals surface area contributed by atoms with Gasteiger partial charge in [0, 0.05) is 21.8 Å². The molecule has 0 spiro atoms. The number of methoxy groups -OCH3 is 1. The quantitative estimate of drug-likeness (QED) is 0.418. The van der Waals surface area contributed by atoms with Gasteiger partial charge in [0.05, 0.1) is 13.5 Å². The zero-order valence-electron chi connectivity index (χ0n) is 10.7. The van der Waals surface area contributed by atoms with Crippen molar-refractivity contribution in [2.24, 2.45) is 0 Å². The Kier molecular flexibility index (Phi) is 11.0. The van der Waals surface area contributed by atoms with Gasteiger partial charge in [-0.2, -0.15) is 26.3 Å². The number of allylic oxidation sites excluding steroid dienone is 2. The molecular formula is C10H12F6O4S. The lowest BCUT2D eigenvalue weighted by Crippen LogP contribution is -2.20. The second kappa shape index (κ2) is 10.5. The Morgan fingerprint density at radius 2 is 1.71 bits per heavy atom. The first-order valence-electron chi connectivity index (χ1n) is 5.22. The average Bonchev–Trinajstić information content (AvgIpc) is 2.35. The number of rotatable bonds is 6. The van der Waals surface area contributed by atoms with Crippen molar-refractivity contribution in [1.82, 2.24) is 0 Å². The van der Waals surface area contributed by atoms with Crippen LogP contribution in [-0.4, -0.2) is 36.4 Å². The lowest BCUT2D eigenvalue weighted by molar-refractivity contribution is -0.140. The average molecular weight is 342 g/mol. The van der Waals surface area contributed by atoms with Gasteiger partial charge in [-0.05, 0) is 6.42 Å². The molecule has 0 radical (unpaired) electrons. The molecule has 0 aliphatic carbocycles. The van der Waals surface area contributed by atoms with Crippen molar-refractivity contribution in [3.05, 3.63) is 22.1 Å². The number of halogens is 6. The van der Waals surface area contributed by atoms with E-state index in [1.807, 2.05) is 0 Å². The molecule has 0 fully saturated rings. The van der Waals surface area contributed by atoms with Crippen LogP contribution in [0.2, 0.25) is 0 Å². The molecule has 11 heteroatoms. The fraction of sp³-hybridized carbons (Fsp3) is 0.700. The minimum atomic E-state index is -4.52. The van der Waals surface area contributed by atoms with Crippen LogP contribution in [-0.2, 0) is 9.53 Å². The van der Waals surface area contributed by atoms with Crippen LogP contribution < -0.4 is 0 Å². The smallest absolute Gasteiger partial charge is 0.409 e. The summed E-state index contributed by atoms with van der Waals surface area (Å²) in [4.78, 5) is 25.2. The Balaban J connectivity index is 0. The summed E-state index contributed by atoms with van der Waals surface area (Å²) in [6, 6.07) is 0. The van der Waals surface area contributed by atoms with E-state index in [1.165, 1.54) is 0 Å². The molecule has 0 saturated carbocycles. The molecule has 0 bridgehead atoms. The van der Waals surface area contributed by atoms with E-state index in [1.54, 1.807) is 0 Å². The van der Waals surface area contributed by atoms with Gasteiger partial charge in [0.2, 0.25) is 0 Å². The van der Waals surface area contributed by atoms with Crippen molar-refractivity contribution in [1.29, 1.82) is 0 Å². The highest BCUT2D eigenvalue weighted by molar-refractivity contribution is 8.00. The largest absolute Gasteiger partial charge is 0.468 e.